The molecule has 0 aliphatic heterocycles. The fraction of sp³-hybridized carbons (Fsp3) is 0.222. The van der Waals surface area contributed by atoms with Gasteiger partial charge in [0.2, 0.25) is 5.91 Å². The number of hydrogen-bond donors (Lipinski definition) is 2. The van der Waals surface area contributed by atoms with Gasteiger partial charge in [-0.15, -0.1) is 13.2 Å². The number of carbonyl (C=O) groups is 2. The molecule has 0 radical (unpaired) electrons. The quantitative estimate of drug-likeness (QED) is 0.819. The molecule has 0 aliphatic rings. The predicted molar refractivity (Wildman–Crippen MR) is 91.2 cm³/mol. The van der Waals surface area contributed by atoms with Gasteiger partial charge in [0.05, 0.1) is 0 Å². The molecule has 0 fully saturated rings. The second-order valence-corrected chi connectivity index (χ2v) is 5.46. The maximum absolute atomic E-state index is 12.3. The average molecular weight is 366 g/mol. The van der Waals surface area contributed by atoms with Crippen LogP contribution >= 0.6 is 0 Å². The lowest BCUT2D eigenvalue weighted by Crippen LogP contribution is -2.17. The van der Waals surface area contributed by atoms with Crippen molar-refractivity contribution in [1.29, 1.82) is 0 Å². The molecule has 2 amide bonds. The molecule has 0 unspecified atom stereocenters. The Morgan fingerprint density at radius 2 is 1.69 bits per heavy atom. The molecular formula is C18H17F3N2O3. The summed E-state index contributed by atoms with van der Waals surface area (Å²) in [4.78, 5) is 23.8. The van der Waals surface area contributed by atoms with Crippen LogP contribution in [-0.4, -0.2) is 18.2 Å². The van der Waals surface area contributed by atoms with Crippen LogP contribution in [0.1, 0.15) is 29.3 Å². The van der Waals surface area contributed by atoms with E-state index in [9.17, 15) is 22.8 Å². The largest absolute Gasteiger partial charge is 0.573 e. The van der Waals surface area contributed by atoms with Crippen LogP contribution in [-0.2, 0) is 4.79 Å². The molecule has 138 valence electrons. The number of aryl methyl sites for hydroxylation is 1. The molecule has 0 aliphatic carbocycles. The molecule has 0 atom stereocenters. The first-order chi connectivity index (χ1) is 12.2. The smallest absolute Gasteiger partial charge is 0.406 e. The predicted octanol–water partition coefficient (Wildman–Crippen LogP) is 4.49. The van der Waals surface area contributed by atoms with Crippen LogP contribution in [0.5, 0.6) is 5.75 Å². The second kappa shape index (κ2) is 7.90. The minimum atomic E-state index is -4.77. The van der Waals surface area contributed by atoms with Gasteiger partial charge in [0, 0.05) is 23.4 Å². The van der Waals surface area contributed by atoms with Gasteiger partial charge in [0.15, 0.2) is 0 Å². The topological polar surface area (TPSA) is 67.4 Å². The van der Waals surface area contributed by atoms with Crippen molar-refractivity contribution in [3.63, 3.8) is 0 Å². The van der Waals surface area contributed by atoms with Crippen LogP contribution in [0.2, 0.25) is 0 Å². The zero-order valence-corrected chi connectivity index (χ0v) is 14.1. The Hall–Kier alpha value is -3.03. The normalized spacial score (nSPS) is 11.0. The molecule has 0 aromatic heterocycles. The molecule has 0 spiro atoms. The van der Waals surface area contributed by atoms with E-state index in [1.807, 2.05) is 0 Å². The van der Waals surface area contributed by atoms with Crippen LogP contribution in [0.25, 0.3) is 0 Å². The van der Waals surface area contributed by atoms with Crippen molar-refractivity contribution >= 4 is 23.2 Å². The molecular weight excluding hydrogens is 349 g/mol. The molecule has 0 saturated heterocycles. The van der Waals surface area contributed by atoms with E-state index in [-0.39, 0.29) is 11.7 Å². The summed E-state index contributed by atoms with van der Waals surface area (Å²) in [6.07, 6.45) is -4.46. The van der Waals surface area contributed by atoms with Crippen LogP contribution in [0.3, 0.4) is 0 Å². The van der Waals surface area contributed by atoms with Crippen molar-refractivity contribution in [3.05, 3.63) is 53.6 Å². The number of anilines is 2. The summed E-state index contributed by atoms with van der Waals surface area (Å²) in [6.45, 7) is 3.51. The van der Waals surface area contributed by atoms with Gasteiger partial charge in [-0.3, -0.25) is 9.59 Å². The molecule has 2 rings (SSSR count). The van der Waals surface area contributed by atoms with Gasteiger partial charge in [-0.25, -0.2) is 0 Å². The number of ether oxygens (including phenoxy) is 1. The highest BCUT2D eigenvalue weighted by atomic mass is 19.4. The molecule has 2 aromatic carbocycles. The third-order valence-corrected chi connectivity index (χ3v) is 3.44. The zero-order chi connectivity index (χ0) is 19.3. The SMILES string of the molecule is CCC(=O)Nc1cc(C(=O)Nc2ccc(OC(F)(F)F)cc2)ccc1C. The number of halogens is 3. The van der Waals surface area contributed by atoms with Crippen molar-refractivity contribution in [3.8, 4) is 5.75 Å². The fourth-order valence-electron chi connectivity index (χ4n) is 2.08. The number of alkyl halides is 3. The van der Waals surface area contributed by atoms with Gasteiger partial charge in [-0.2, -0.15) is 0 Å². The highest BCUT2D eigenvalue weighted by Gasteiger charge is 2.30. The van der Waals surface area contributed by atoms with Gasteiger partial charge >= 0.3 is 6.36 Å². The Morgan fingerprint density at radius 3 is 2.27 bits per heavy atom. The number of nitrogens with one attached hydrogen (secondary N) is 2. The summed E-state index contributed by atoms with van der Waals surface area (Å²) in [5, 5.41) is 5.28. The van der Waals surface area contributed by atoms with E-state index in [2.05, 4.69) is 15.4 Å². The first-order valence-corrected chi connectivity index (χ1v) is 7.75. The Kier molecular flexibility index (Phi) is 5.86. The molecule has 8 heteroatoms. The Morgan fingerprint density at radius 1 is 1.04 bits per heavy atom. The van der Waals surface area contributed by atoms with Crippen molar-refractivity contribution in [2.45, 2.75) is 26.6 Å². The van der Waals surface area contributed by atoms with E-state index in [1.54, 1.807) is 32.0 Å². The fourth-order valence-corrected chi connectivity index (χ4v) is 2.08. The Labute approximate surface area is 148 Å². The Balaban J connectivity index is 2.10. The summed E-state index contributed by atoms with van der Waals surface area (Å²) in [6, 6.07) is 9.63. The minimum absolute atomic E-state index is 0.175. The lowest BCUT2D eigenvalue weighted by Gasteiger charge is -2.11. The first kappa shape index (κ1) is 19.3. The average Bonchev–Trinajstić information content (AvgIpc) is 2.57. The van der Waals surface area contributed by atoms with Crippen LogP contribution in [0.15, 0.2) is 42.5 Å². The minimum Gasteiger partial charge on any atom is -0.406 e. The Bertz CT molecular complexity index is 802. The number of hydrogen-bond acceptors (Lipinski definition) is 3. The number of benzene rings is 2. The van der Waals surface area contributed by atoms with E-state index in [1.165, 1.54) is 12.1 Å². The molecule has 0 saturated carbocycles. The molecule has 2 N–H and O–H groups in total. The number of rotatable bonds is 5. The van der Waals surface area contributed by atoms with E-state index in [4.69, 9.17) is 0 Å². The summed E-state index contributed by atoms with van der Waals surface area (Å²) in [7, 11) is 0. The molecule has 0 bridgehead atoms. The molecule has 5 nitrogen and oxygen atoms in total. The highest BCUT2D eigenvalue weighted by Crippen LogP contribution is 2.24. The van der Waals surface area contributed by atoms with E-state index >= 15 is 0 Å². The summed E-state index contributed by atoms with van der Waals surface area (Å²) < 4.78 is 40.2. The second-order valence-electron chi connectivity index (χ2n) is 5.46. The van der Waals surface area contributed by atoms with Gasteiger partial charge < -0.3 is 15.4 Å². The monoisotopic (exact) mass is 366 g/mol. The maximum Gasteiger partial charge on any atom is 0.573 e. The lowest BCUT2D eigenvalue weighted by molar-refractivity contribution is -0.274. The number of carbonyl (C=O) groups excluding carboxylic acids is 2. The lowest BCUT2D eigenvalue weighted by atomic mass is 10.1. The zero-order valence-electron chi connectivity index (χ0n) is 14.1. The van der Waals surface area contributed by atoms with Crippen LogP contribution in [0.4, 0.5) is 24.5 Å². The summed E-state index contributed by atoms with van der Waals surface area (Å²) in [5.41, 5.74) is 1.94. The van der Waals surface area contributed by atoms with Gasteiger partial charge in [-0.05, 0) is 48.9 Å². The molecule has 26 heavy (non-hydrogen) atoms. The summed E-state index contributed by atoms with van der Waals surface area (Å²) in [5.74, 6) is -1.01. The number of amides is 2. The van der Waals surface area contributed by atoms with Gasteiger partial charge in [-0.1, -0.05) is 13.0 Å². The van der Waals surface area contributed by atoms with Crippen molar-refractivity contribution in [1.82, 2.24) is 0 Å². The van der Waals surface area contributed by atoms with Gasteiger partial charge in [0.1, 0.15) is 5.75 Å². The van der Waals surface area contributed by atoms with Crippen LogP contribution in [0, 0.1) is 6.92 Å². The van der Waals surface area contributed by atoms with Crippen LogP contribution < -0.4 is 15.4 Å². The van der Waals surface area contributed by atoms with E-state index in [0.29, 0.717) is 23.4 Å². The standard InChI is InChI=1S/C18H17F3N2O3/c1-3-16(24)23-15-10-12(5-4-11(15)2)17(25)22-13-6-8-14(9-7-13)26-18(19,20)21/h4-10H,3H2,1-2H3,(H,22,25)(H,23,24). The summed E-state index contributed by atoms with van der Waals surface area (Å²) >= 11 is 0. The van der Waals surface area contributed by atoms with Crippen molar-refractivity contribution in [2.75, 3.05) is 10.6 Å². The van der Waals surface area contributed by atoms with E-state index < -0.39 is 12.3 Å². The first-order valence-electron chi connectivity index (χ1n) is 7.75. The highest BCUT2D eigenvalue weighted by molar-refractivity contribution is 6.05. The third kappa shape index (κ3) is 5.51. The maximum atomic E-state index is 12.3. The molecule has 0 heterocycles. The van der Waals surface area contributed by atoms with Crippen molar-refractivity contribution in [2.24, 2.45) is 0 Å². The molecule has 2 aromatic rings. The van der Waals surface area contributed by atoms with Crippen molar-refractivity contribution < 1.29 is 27.5 Å². The third-order valence-electron chi connectivity index (χ3n) is 3.44. The van der Waals surface area contributed by atoms with E-state index in [0.717, 1.165) is 17.7 Å². The van der Waals surface area contributed by atoms with Gasteiger partial charge in [0.25, 0.3) is 5.91 Å².